The predicted molar refractivity (Wildman–Crippen MR) is 218 cm³/mol. The molecule has 2 N–H and O–H groups in total. The van der Waals surface area contributed by atoms with E-state index in [1.54, 1.807) is 7.11 Å². The van der Waals surface area contributed by atoms with Crippen molar-refractivity contribution in [1.82, 2.24) is 24.8 Å². The average molecular weight is 812 g/mol. The predicted octanol–water partition coefficient (Wildman–Crippen LogP) is 5.28. The van der Waals surface area contributed by atoms with E-state index in [2.05, 4.69) is 10.0 Å². The fourth-order valence-corrected chi connectivity index (χ4v) is 10.2. The summed E-state index contributed by atoms with van der Waals surface area (Å²) in [6.07, 6.45) is 11.3. The lowest BCUT2D eigenvalue weighted by Crippen LogP contribution is -2.57. The van der Waals surface area contributed by atoms with E-state index in [0.717, 1.165) is 55.9 Å². The highest BCUT2D eigenvalue weighted by molar-refractivity contribution is 7.91. The minimum absolute atomic E-state index is 0.0488. The number of benzene rings is 2. The van der Waals surface area contributed by atoms with E-state index in [0.29, 0.717) is 55.1 Å². The molecule has 2 saturated carbocycles. The molecule has 5 unspecified atom stereocenters. The smallest absolute Gasteiger partial charge is 0.259 e. The van der Waals surface area contributed by atoms with Crippen LogP contribution in [-0.4, -0.2) is 96.5 Å². The summed E-state index contributed by atoms with van der Waals surface area (Å²) in [6.45, 7) is 1.43. The van der Waals surface area contributed by atoms with Crippen LogP contribution in [0.1, 0.15) is 83.5 Å². The van der Waals surface area contributed by atoms with Crippen molar-refractivity contribution in [3.8, 4) is 22.8 Å². The first-order valence-corrected chi connectivity index (χ1v) is 22.4. The number of carbonyl (C=O) groups is 4. The summed E-state index contributed by atoms with van der Waals surface area (Å²) < 4.78 is 40.4. The third kappa shape index (κ3) is 8.57. The summed E-state index contributed by atoms with van der Waals surface area (Å²) in [7, 11) is -2.29. The SMILES string of the molecule is COc1ccc2c(OC3CC4C(=O)NC5(C(=O)NS(=O)(=O)C6CC6)CC5C=CCCCCCC(CC(=O)N5CCCCC5)C(=O)N4C3)cc(-c3ccccc3)nc2c1. The minimum Gasteiger partial charge on any atom is -0.497 e. The van der Waals surface area contributed by atoms with Gasteiger partial charge in [-0.05, 0) is 69.9 Å². The summed E-state index contributed by atoms with van der Waals surface area (Å²) in [5.74, 6) is -1.54. The second-order valence-corrected chi connectivity index (χ2v) is 18.6. The van der Waals surface area contributed by atoms with Crippen molar-refractivity contribution in [2.24, 2.45) is 11.8 Å². The van der Waals surface area contributed by atoms with Crippen LogP contribution in [0.4, 0.5) is 0 Å². The lowest BCUT2D eigenvalue weighted by Gasteiger charge is -2.31. The Bertz CT molecular complexity index is 2190. The second kappa shape index (κ2) is 16.7. The van der Waals surface area contributed by atoms with Gasteiger partial charge in [-0.3, -0.25) is 23.9 Å². The summed E-state index contributed by atoms with van der Waals surface area (Å²) in [5.41, 5.74) is 0.733. The van der Waals surface area contributed by atoms with Gasteiger partial charge in [0.25, 0.3) is 5.91 Å². The number of allylic oxidation sites excluding steroid dienone is 1. The van der Waals surface area contributed by atoms with E-state index in [4.69, 9.17) is 14.5 Å². The maximum atomic E-state index is 14.8. The number of sulfonamides is 1. The maximum Gasteiger partial charge on any atom is 0.259 e. The van der Waals surface area contributed by atoms with E-state index >= 15 is 0 Å². The van der Waals surface area contributed by atoms with Gasteiger partial charge >= 0.3 is 0 Å². The molecule has 5 aliphatic rings. The highest BCUT2D eigenvalue weighted by Gasteiger charge is 2.62. The lowest BCUT2D eigenvalue weighted by atomic mass is 9.94. The Morgan fingerprint density at radius 3 is 2.50 bits per heavy atom. The van der Waals surface area contributed by atoms with Crippen molar-refractivity contribution < 1.29 is 37.1 Å². The van der Waals surface area contributed by atoms with Crippen LogP contribution < -0.4 is 19.5 Å². The minimum atomic E-state index is -3.88. The van der Waals surface area contributed by atoms with Gasteiger partial charge in [-0.2, -0.15) is 0 Å². The molecule has 0 radical (unpaired) electrons. The molecule has 0 bridgehead atoms. The second-order valence-electron chi connectivity index (χ2n) is 16.6. The van der Waals surface area contributed by atoms with Gasteiger partial charge in [0.1, 0.15) is 29.2 Å². The largest absolute Gasteiger partial charge is 0.497 e. The van der Waals surface area contributed by atoms with Crippen molar-refractivity contribution >= 4 is 44.6 Å². The molecule has 0 spiro atoms. The molecule has 308 valence electrons. The molecule has 4 fully saturated rings. The third-order valence-electron chi connectivity index (χ3n) is 12.4. The van der Waals surface area contributed by atoms with Gasteiger partial charge < -0.3 is 24.6 Å². The normalized spacial score (nSPS) is 26.8. The Labute approximate surface area is 340 Å². The number of amides is 4. The quantitative estimate of drug-likeness (QED) is 0.274. The van der Waals surface area contributed by atoms with E-state index in [-0.39, 0.29) is 37.6 Å². The third-order valence-corrected chi connectivity index (χ3v) is 14.2. The Hall–Kier alpha value is -4.98. The zero-order chi connectivity index (χ0) is 40.4. The number of nitrogens with one attached hydrogen (secondary N) is 2. The number of likely N-dealkylation sites (tertiary alicyclic amines) is 1. The molecule has 13 nitrogen and oxygen atoms in total. The van der Waals surface area contributed by atoms with E-state index in [9.17, 15) is 27.6 Å². The number of piperidine rings is 1. The number of hydrogen-bond donors (Lipinski definition) is 2. The van der Waals surface area contributed by atoms with Gasteiger partial charge in [0, 0.05) is 60.8 Å². The lowest BCUT2D eigenvalue weighted by molar-refractivity contribution is -0.145. The van der Waals surface area contributed by atoms with E-state index in [1.807, 2.05) is 71.6 Å². The van der Waals surface area contributed by atoms with Gasteiger partial charge in [0.15, 0.2) is 0 Å². The molecule has 5 atom stereocenters. The average Bonchev–Trinajstić information content (AvgIpc) is 4.16. The monoisotopic (exact) mass is 811 g/mol. The Kier molecular flexibility index (Phi) is 11.5. The van der Waals surface area contributed by atoms with Gasteiger partial charge in [0.2, 0.25) is 27.7 Å². The molecular weight excluding hydrogens is 759 g/mol. The fraction of sp³-hybridized carbons (Fsp3) is 0.523. The summed E-state index contributed by atoms with van der Waals surface area (Å²) in [4.78, 5) is 65.3. The molecule has 3 aromatic rings. The van der Waals surface area contributed by atoms with Crippen LogP contribution in [0, 0.1) is 11.8 Å². The van der Waals surface area contributed by atoms with E-state index in [1.165, 1.54) is 4.90 Å². The first kappa shape index (κ1) is 39.8. The molecule has 14 heteroatoms. The number of hydrogen-bond acceptors (Lipinski definition) is 9. The van der Waals surface area contributed by atoms with Crippen molar-refractivity contribution in [3.63, 3.8) is 0 Å². The molecule has 2 aromatic carbocycles. The van der Waals surface area contributed by atoms with Gasteiger partial charge in [0.05, 0.1) is 30.1 Å². The molecule has 4 amide bonds. The Morgan fingerprint density at radius 1 is 0.966 bits per heavy atom. The van der Waals surface area contributed by atoms with Crippen LogP contribution in [0.15, 0.2) is 66.7 Å². The fourth-order valence-electron chi connectivity index (χ4n) is 8.80. The standard InChI is InChI=1S/C44H53N5O8S/c1-56-32-17-20-35-37(24-32)45-36(29-13-8-5-9-14-29)26-39(35)57-33-25-38-41(51)46-44(43(53)47-58(54,55)34-18-19-34)27-31(44)16-10-4-2-3-7-15-30(42(52)49(38)28-33)23-40(50)48-21-11-6-12-22-48/h5,8-10,13-14,16-17,20,24,26,30-31,33-34,38H,2-4,6-7,11-12,15,18-19,21-23,25,27-28H2,1H3,(H,46,51)(H,47,53). The zero-order valence-electron chi connectivity index (χ0n) is 33.1. The molecule has 4 heterocycles. The maximum absolute atomic E-state index is 14.8. The number of nitrogens with zero attached hydrogens (tertiary/aromatic N) is 3. The summed E-state index contributed by atoms with van der Waals surface area (Å²) in [5, 5.41) is 3.07. The number of carbonyl (C=O) groups excluding carboxylic acids is 4. The van der Waals surface area contributed by atoms with Crippen LogP contribution in [0.3, 0.4) is 0 Å². The van der Waals surface area contributed by atoms with E-state index < -0.39 is 56.6 Å². The highest BCUT2D eigenvalue weighted by atomic mass is 32.2. The van der Waals surface area contributed by atoms with Gasteiger partial charge in [-0.1, -0.05) is 55.3 Å². The summed E-state index contributed by atoms with van der Waals surface area (Å²) in [6, 6.07) is 16.1. The van der Waals surface area contributed by atoms with Crippen molar-refractivity contribution in [3.05, 3.63) is 66.7 Å². The van der Waals surface area contributed by atoms with Gasteiger partial charge in [-0.15, -0.1) is 0 Å². The molecular formula is C44H53N5O8S. The molecule has 2 saturated heterocycles. The van der Waals surface area contributed by atoms with Crippen molar-refractivity contribution in [2.45, 2.75) is 106 Å². The number of fused-ring (bicyclic) bond motifs is 3. The van der Waals surface area contributed by atoms with Crippen LogP contribution >= 0.6 is 0 Å². The number of aromatic nitrogens is 1. The van der Waals surface area contributed by atoms with Crippen LogP contribution in [0.5, 0.6) is 11.5 Å². The van der Waals surface area contributed by atoms with Gasteiger partial charge in [-0.25, -0.2) is 13.4 Å². The number of rotatable bonds is 9. The first-order valence-electron chi connectivity index (χ1n) is 20.9. The van der Waals surface area contributed by atoms with Crippen LogP contribution in [0.2, 0.25) is 0 Å². The molecule has 1 aromatic heterocycles. The number of methoxy groups -OCH3 is 1. The van der Waals surface area contributed by atoms with Crippen molar-refractivity contribution in [2.75, 3.05) is 26.7 Å². The highest BCUT2D eigenvalue weighted by Crippen LogP contribution is 2.46. The van der Waals surface area contributed by atoms with Crippen LogP contribution in [0.25, 0.3) is 22.2 Å². The molecule has 2 aliphatic carbocycles. The topological polar surface area (TPSA) is 164 Å². The number of pyridine rings is 1. The number of ether oxygens (including phenoxy) is 2. The Morgan fingerprint density at radius 2 is 1.74 bits per heavy atom. The molecule has 58 heavy (non-hydrogen) atoms. The zero-order valence-corrected chi connectivity index (χ0v) is 33.9. The molecule has 3 aliphatic heterocycles. The Balaban J connectivity index is 1.12. The summed E-state index contributed by atoms with van der Waals surface area (Å²) >= 11 is 0. The van der Waals surface area contributed by atoms with Crippen LogP contribution in [-0.2, 0) is 29.2 Å². The molecule has 8 rings (SSSR count). The first-order chi connectivity index (χ1) is 28.0. The van der Waals surface area contributed by atoms with Crippen molar-refractivity contribution in [1.29, 1.82) is 0 Å².